The molecule has 0 spiro atoms. The molecule has 1 aromatic carbocycles. The van der Waals surface area contributed by atoms with Gasteiger partial charge in [0.1, 0.15) is 0 Å². The summed E-state index contributed by atoms with van der Waals surface area (Å²) in [6.45, 7) is 7.20. The van der Waals surface area contributed by atoms with Crippen molar-refractivity contribution in [3.05, 3.63) is 36.8 Å². The molecule has 155 valence electrons. The predicted octanol–water partition coefficient (Wildman–Crippen LogP) is 6.66. The largest absolute Gasteiger partial charge is 0.388 e. The number of hydrogen-bond donors (Lipinski definition) is 1. The average Bonchev–Trinajstić information content (AvgIpc) is 3.02. The molecule has 1 aromatic rings. The van der Waals surface area contributed by atoms with Gasteiger partial charge in [-0.15, -0.1) is 11.6 Å². The predicted molar refractivity (Wildman–Crippen MR) is 116 cm³/mol. The van der Waals surface area contributed by atoms with E-state index in [0.29, 0.717) is 6.04 Å². The molecule has 1 saturated carbocycles. The maximum atomic E-state index is 11.0. The van der Waals surface area contributed by atoms with E-state index in [-0.39, 0.29) is 49.6 Å². The summed E-state index contributed by atoms with van der Waals surface area (Å²) < 4.78 is 0. The average molecular weight is 480 g/mol. The molecule has 0 bridgehead atoms. The molecule has 3 atom stereocenters. The van der Waals surface area contributed by atoms with Crippen molar-refractivity contribution in [1.29, 1.82) is 0 Å². The fourth-order valence-corrected chi connectivity index (χ4v) is 5.53. The number of rotatable bonds is 10. The molecule has 2 fully saturated rings. The Balaban J connectivity index is 0.00000280. The maximum absolute atomic E-state index is 11.0. The standard InChI is InChI=1S/C24H37ClNO.Y/c1-3-5-6-7-9-22-21(25)14-18-26(22)20-12-10-19(11-13-20)23(27)24(15-4-2)16-8-17-24;/h10-13,21-23,27H,1,3-9,14-18H2,2H3;/q-1;. The first-order valence-electron chi connectivity index (χ1n) is 11.1. The van der Waals surface area contributed by atoms with Crippen LogP contribution in [0.3, 0.4) is 0 Å². The van der Waals surface area contributed by atoms with Crippen molar-refractivity contribution < 1.29 is 37.8 Å². The van der Waals surface area contributed by atoms with E-state index in [9.17, 15) is 5.11 Å². The molecule has 3 unspecified atom stereocenters. The Hall–Kier alpha value is 0.374. The van der Waals surface area contributed by atoms with E-state index >= 15 is 0 Å². The van der Waals surface area contributed by atoms with Crippen molar-refractivity contribution in [2.75, 3.05) is 11.4 Å². The minimum atomic E-state index is -0.321. The van der Waals surface area contributed by atoms with Gasteiger partial charge in [-0.1, -0.05) is 51.2 Å². The van der Waals surface area contributed by atoms with Crippen LogP contribution < -0.4 is 4.90 Å². The van der Waals surface area contributed by atoms with E-state index < -0.39 is 0 Å². The molecule has 1 heterocycles. The summed E-state index contributed by atoms with van der Waals surface area (Å²) in [4.78, 5) is 2.49. The van der Waals surface area contributed by atoms with Crippen LogP contribution in [0.25, 0.3) is 0 Å². The maximum Gasteiger partial charge on any atom is 0.0846 e. The Bertz CT molecular complexity index is 574. The van der Waals surface area contributed by atoms with E-state index in [0.717, 1.165) is 44.2 Å². The van der Waals surface area contributed by atoms with Gasteiger partial charge in [-0.05, 0) is 49.8 Å². The number of benzene rings is 1. The van der Waals surface area contributed by atoms with Crippen molar-refractivity contribution >= 4 is 17.3 Å². The smallest absolute Gasteiger partial charge is 0.0846 e. The van der Waals surface area contributed by atoms with E-state index in [1.54, 1.807) is 0 Å². The zero-order chi connectivity index (χ0) is 19.3. The van der Waals surface area contributed by atoms with E-state index in [1.807, 2.05) is 0 Å². The van der Waals surface area contributed by atoms with Crippen LogP contribution in [-0.2, 0) is 32.7 Å². The molecule has 2 aliphatic rings. The molecule has 1 saturated heterocycles. The van der Waals surface area contributed by atoms with Crippen molar-refractivity contribution in [2.24, 2.45) is 5.41 Å². The number of unbranched alkanes of at least 4 members (excludes halogenated alkanes) is 3. The Morgan fingerprint density at radius 1 is 1.21 bits per heavy atom. The summed E-state index contributed by atoms with van der Waals surface area (Å²) in [5.74, 6) is 0. The van der Waals surface area contributed by atoms with Crippen molar-refractivity contribution in [3.8, 4) is 0 Å². The molecule has 2 nitrogen and oxygen atoms in total. The second-order valence-electron chi connectivity index (χ2n) is 8.73. The van der Waals surface area contributed by atoms with Crippen molar-refractivity contribution in [2.45, 2.75) is 95.1 Å². The zero-order valence-corrected chi connectivity index (χ0v) is 21.2. The number of aliphatic hydroxyl groups excluding tert-OH is 1. The van der Waals surface area contributed by atoms with Gasteiger partial charge in [0, 0.05) is 56.4 Å². The zero-order valence-electron chi connectivity index (χ0n) is 17.6. The Morgan fingerprint density at radius 3 is 2.50 bits per heavy atom. The van der Waals surface area contributed by atoms with Crippen LogP contribution >= 0.6 is 11.6 Å². The molecule has 1 N–H and O–H groups in total. The van der Waals surface area contributed by atoms with Crippen LogP contribution in [0.1, 0.15) is 89.2 Å². The van der Waals surface area contributed by atoms with Crippen LogP contribution in [0.5, 0.6) is 0 Å². The van der Waals surface area contributed by atoms with Gasteiger partial charge in [-0.2, -0.15) is 6.42 Å². The van der Waals surface area contributed by atoms with Crippen LogP contribution in [0.2, 0.25) is 0 Å². The summed E-state index contributed by atoms with van der Waals surface area (Å²) in [6.07, 6.45) is 12.5. The molecule has 0 amide bonds. The summed E-state index contributed by atoms with van der Waals surface area (Å²) in [5.41, 5.74) is 2.47. The van der Waals surface area contributed by atoms with E-state index in [4.69, 9.17) is 11.6 Å². The molecule has 1 aliphatic carbocycles. The van der Waals surface area contributed by atoms with Crippen LogP contribution in [-0.4, -0.2) is 23.1 Å². The Labute approximate surface area is 202 Å². The summed E-state index contributed by atoms with van der Waals surface area (Å²) in [6, 6.07) is 9.14. The number of aliphatic hydroxyl groups is 1. The molecule has 4 heteroatoms. The third-order valence-electron chi connectivity index (χ3n) is 6.93. The van der Waals surface area contributed by atoms with Gasteiger partial charge in [0.05, 0.1) is 11.5 Å². The first kappa shape index (κ1) is 24.6. The summed E-state index contributed by atoms with van der Waals surface area (Å²) in [5, 5.41) is 11.2. The first-order chi connectivity index (χ1) is 13.1. The van der Waals surface area contributed by atoms with Crippen molar-refractivity contribution in [1.82, 2.24) is 0 Å². The molecule has 1 aliphatic heterocycles. The first-order valence-corrected chi connectivity index (χ1v) is 11.5. The third-order valence-corrected chi connectivity index (χ3v) is 7.44. The van der Waals surface area contributed by atoms with Gasteiger partial charge in [0.2, 0.25) is 0 Å². The van der Waals surface area contributed by atoms with Crippen molar-refractivity contribution in [3.63, 3.8) is 0 Å². The normalized spacial score (nSPS) is 24.5. The second-order valence-corrected chi connectivity index (χ2v) is 9.29. The fraction of sp³-hybridized carbons (Fsp3) is 0.708. The Kier molecular flexibility index (Phi) is 10.3. The SMILES string of the molecule is [CH2-]CCCCCC1C(Cl)CCN1c1ccc(C(O)C2(CCC)CCC2)cc1.[Y]. The molecule has 0 aromatic heterocycles. The third kappa shape index (κ3) is 5.54. The molecule has 1 radical (unpaired) electrons. The van der Waals surface area contributed by atoms with Gasteiger partial charge in [-0.25, -0.2) is 0 Å². The molecular weight excluding hydrogens is 443 g/mol. The van der Waals surface area contributed by atoms with E-state index in [1.165, 1.54) is 44.2 Å². The minimum absolute atomic E-state index is 0. The van der Waals surface area contributed by atoms with Gasteiger partial charge in [-0.3, -0.25) is 0 Å². The monoisotopic (exact) mass is 479 g/mol. The minimum Gasteiger partial charge on any atom is -0.388 e. The van der Waals surface area contributed by atoms with Gasteiger partial charge in [0.25, 0.3) is 0 Å². The number of alkyl halides is 1. The fourth-order valence-electron chi connectivity index (χ4n) is 5.17. The van der Waals surface area contributed by atoms with Gasteiger partial charge >= 0.3 is 0 Å². The number of hydrogen-bond acceptors (Lipinski definition) is 2. The molecule has 3 rings (SSSR count). The van der Waals surface area contributed by atoms with Crippen LogP contribution in [0, 0.1) is 12.3 Å². The number of nitrogens with zero attached hydrogens (tertiary/aromatic N) is 1. The topological polar surface area (TPSA) is 23.5 Å². The van der Waals surface area contributed by atoms with Gasteiger partial charge in [0.15, 0.2) is 0 Å². The Morgan fingerprint density at radius 2 is 1.93 bits per heavy atom. The quantitative estimate of drug-likeness (QED) is 0.230. The van der Waals surface area contributed by atoms with Gasteiger partial charge < -0.3 is 16.9 Å². The number of halogens is 1. The van der Waals surface area contributed by atoms with E-state index in [2.05, 4.69) is 43.0 Å². The molecular formula is C24H37ClNOY-. The number of anilines is 1. The molecule has 28 heavy (non-hydrogen) atoms. The second kappa shape index (κ2) is 11.7. The summed E-state index contributed by atoms with van der Waals surface area (Å²) >= 11 is 6.64. The van der Waals surface area contributed by atoms with Crippen LogP contribution in [0.15, 0.2) is 24.3 Å². The van der Waals surface area contributed by atoms with Crippen LogP contribution in [0.4, 0.5) is 5.69 Å². The summed E-state index contributed by atoms with van der Waals surface area (Å²) in [7, 11) is 0.